The largest absolute Gasteiger partial charge is 0.495 e. The summed E-state index contributed by atoms with van der Waals surface area (Å²) in [6, 6.07) is 17.8. The van der Waals surface area contributed by atoms with Gasteiger partial charge in [0.25, 0.3) is 0 Å². The second-order valence-corrected chi connectivity index (χ2v) is 6.88. The van der Waals surface area contributed by atoms with Crippen LogP contribution in [-0.2, 0) is 16.2 Å². The van der Waals surface area contributed by atoms with Crippen LogP contribution in [0.3, 0.4) is 0 Å². The summed E-state index contributed by atoms with van der Waals surface area (Å²) < 4.78 is 24.3. The summed E-state index contributed by atoms with van der Waals surface area (Å²) in [6.45, 7) is 0.0999. The minimum Gasteiger partial charge on any atom is -0.495 e. The number of rotatable bonds is 7. The number of halogens is 2. The fourth-order valence-electron chi connectivity index (χ4n) is 2.60. The topological polar surface area (TPSA) is 89.0 Å². The van der Waals surface area contributed by atoms with Gasteiger partial charge in [0, 0.05) is 10.6 Å². The molecule has 0 unspecified atom stereocenters. The quantitative estimate of drug-likeness (QED) is 0.318. The van der Waals surface area contributed by atoms with E-state index >= 15 is 0 Å². The highest BCUT2D eigenvalue weighted by Crippen LogP contribution is 2.27. The van der Waals surface area contributed by atoms with Crippen molar-refractivity contribution >= 4 is 35.3 Å². The third kappa shape index (κ3) is 6.29. The number of hydrazone groups is 1. The second-order valence-electron chi connectivity index (χ2n) is 6.45. The van der Waals surface area contributed by atoms with Crippen LogP contribution in [0.4, 0.5) is 10.1 Å². The number of methoxy groups -OCH3 is 1. The van der Waals surface area contributed by atoms with Gasteiger partial charge in [-0.1, -0.05) is 29.8 Å². The minimum atomic E-state index is -0.965. The molecule has 0 heterocycles. The van der Waals surface area contributed by atoms with Crippen LogP contribution in [0.15, 0.2) is 71.8 Å². The van der Waals surface area contributed by atoms with Crippen LogP contribution in [0, 0.1) is 5.82 Å². The highest BCUT2D eigenvalue weighted by molar-refractivity contribution is 6.40. The van der Waals surface area contributed by atoms with Gasteiger partial charge in [0.1, 0.15) is 23.9 Å². The maximum Gasteiger partial charge on any atom is 0.329 e. The number of anilines is 1. The molecule has 9 heteroatoms. The van der Waals surface area contributed by atoms with E-state index in [9.17, 15) is 14.0 Å². The molecule has 0 atom stereocenters. The van der Waals surface area contributed by atoms with Crippen molar-refractivity contribution in [3.63, 3.8) is 0 Å². The number of carbonyl (C=O) groups is 2. The number of carbonyl (C=O) groups excluding carboxylic acids is 2. The highest BCUT2D eigenvalue weighted by atomic mass is 35.5. The van der Waals surface area contributed by atoms with Gasteiger partial charge in [-0.15, -0.1) is 0 Å². The maximum atomic E-state index is 13.6. The van der Waals surface area contributed by atoms with E-state index in [0.717, 1.165) is 0 Å². The molecule has 32 heavy (non-hydrogen) atoms. The van der Waals surface area contributed by atoms with E-state index in [1.54, 1.807) is 54.6 Å². The molecule has 0 radical (unpaired) electrons. The molecule has 7 nitrogen and oxygen atoms in total. The molecule has 0 saturated carbocycles. The van der Waals surface area contributed by atoms with Gasteiger partial charge in [0.15, 0.2) is 0 Å². The Morgan fingerprint density at radius 1 is 1.06 bits per heavy atom. The molecular weight excluding hydrogens is 437 g/mol. The molecule has 0 aliphatic heterocycles. The lowest BCUT2D eigenvalue weighted by Crippen LogP contribution is -2.32. The number of hydrogen-bond acceptors (Lipinski definition) is 5. The molecule has 0 aliphatic carbocycles. The first-order valence-electron chi connectivity index (χ1n) is 9.40. The Morgan fingerprint density at radius 3 is 2.53 bits per heavy atom. The third-order valence-electron chi connectivity index (χ3n) is 4.23. The average molecular weight is 456 g/mol. The normalized spacial score (nSPS) is 10.6. The summed E-state index contributed by atoms with van der Waals surface area (Å²) in [5.41, 5.74) is 3.51. The van der Waals surface area contributed by atoms with Gasteiger partial charge in [0.05, 0.1) is 19.0 Å². The zero-order valence-corrected chi connectivity index (χ0v) is 17.7. The molecular formula is C23H19ClFN3O4. The van der Waals surface area contributed by atoms with Crippen molar-refractivity contribution in [2.24, 2.45) is 5.10 Å². The van der Waals surface area contributed by atoms with Crippen LogP contribution >= 0.6 is 11.6 Å². The van der Waals surface area contributed by atoms with E-state index in [4.69, 9.17) is 21.1 Å². The van der Waals surface area contributed by atoms with Crippen LogP contribution < -0.4 is 20.2 Å². The van der Waals surface area contributed by atoms with Gasteiger partial charge in [-0.2, -0.15) is 5.10 Å². The number of nitrogens with zero attached hydrogens (tertiary/aromatic N) is 1. The van der Waals surface area contributed by atoms with Gasteiger partial charge in [-0.3, -0.25) is 9.59 Å². The summed E-state index contributed by atoms with van der Waals surface area (Å²) in [7, 11) is 1.43. The molecule has 0 aromatic heterocycles. The van der Waals surface area contributed by atoms with E-state index in [1.165, 1.54) is 25.5 Å². The number of benzene rings is 3. The third-order valence-corrected chi connectivity index (χ3v) is 4.46. The van der Waals surface area contributed by atoms with Crippen LogP contribution in [-0.4, -0.2) is 25.1 Å². The lowest BCUT2D eigenvalue weighted by atomic mass is 10.2. The predicted molar refractivity (Wildman–Crippen MR) is 120 cm³/mol. The van der Waals surface area contributed by atoms with Crippen LogP contribution in [0.5, 0.6) is 11.5 Å². The fraction of sp³-hybridized carbons (Fsp3) is 0.0870. The molecule has 2 amide bonds. The summed E-state index contributed by atoms with van der Waals surface area (Å²) in [4.78, 5) is 24.0. The van der Waals surface area contributed by atoms with Crippen molar-refractivity contribution in [1.29, 1.82) is 0 Å². The Morgan fingerprint density at radius 2 is 1.81 bits per heavy atom. The van der Waals surface area contributed by atoms with Crippen molar-refractivity contribution < 1.29 is 23.5 Å². The second kappa shape index (κ2) is 10.9. The first-order chi connectivity index (χ1) is 15.5. The molecule has 164 valence electrons. The number of hydrogen-bond donors (Lipinski definition) is 2. The Hall–Kier alpha value is -3.91. The molecule has 0 spiro atoms. The van der Waals surface area contributed by atoms with Crippen molar-refractivity contribution in [2.45, 2.75) is 6.61 Å². The van der Waals surface area contributed by atoms with Gasteiger partial charge in [-0.05, 0) is 54.1 Å². The van der Waals surface area contributed by atoms with Crippen molar-refractivity contribution in [1.82, 2.24) is 5.43 Å². The first-order valence-corrected chi connectivity index (χ1v) is 9.78. The number of nitrogens with one attached hydrogen (secondary N) is 2. The van der Waals surface area contributed by atoms with E-state index in [0.29, 0.717) is 27.6 Å². The monoisotopic (exact) mass is 455 g/mol. The van der Waals surface area contributed by atoms with E-state index in [-0.39, 0.29) is 18.1 Å². The zero-order valence-electron chi connectivity index (χ0n) is 17.0. The standard InChI is InChI=1S/C23H19ClFN3O4/c1-31-21-11-8-17(24)12-20(21)27-22(29)23(30)28-26-13-15-6-9-18(10-7-15)32-14-16-4-2-3-5-19(16)25/h2-13H,14H2,1H3,(H,27,29)(H,28,30)/b26-13+. The maximum absolute atomic E-state index is 13.6. The summed E-state index contributed by atoms with van der Waals surface area (Å²) in [6.07, 6.45) is 1.37. The molecule has 3 aromatic carbocycles. The molecule has 2 N–H and O–H groups in total. The molecule has 0 bridgehead atoms. The number of ether oxygens (including phenoxy) is 2. The first kappa shape index (κ1) is 22.8. The van der Waals surface area contributed by atoms with Crippen LogP contribution in [0.1, 0.15) is 11.1 Å². The average Bonchev–Trinajstić information content (AvgIpc) is 2.79. The van der Waals surface area contributed by atoms with Crippen molar-refractivity contribution in [3.8, 4) is 11.5 Å². The lowest BCUT2D eigenvalue weighted by Gasteiger charge is -2.09. The van der Waals surface area contributed by atoms with Crippen molar-refractivity contribution in [2.75, 3.05) is 12.4 Å². The van der Waals surface area contributed by atoms with Crippen LogP contribution in [0.25, 0.3) is 0 Å². The SMILES string of the molecule is COc1ccc(Cl)cc1NC(=O)C(=O)N/N=C/c1ccc(OCc2ccccc2F)cc1. The Balaban J connectivity index is 1.51. The Kier molecular flexibility index (Phi) is 7.77. The van der Waals surface area contributed by atoms with Crippen LogP contribution in [0.2, 0.25) is 5.02 Å². The van der Waals surface area contributed by atoms with E-state index in [2.05, 4.69) is 15.8 Å². The Labute approximate surface area is 188 Å². The van der Waals surface area contributed by atoms with Gasteiger partial charge in [0.2, 0.25) is 0 Å². The van der Waals surface area contributed by atoms with Gasteiger partial charge >= 0.3 is 11.8 Å². The molecule has 0 aliphatic rings. The lowest BCUT2D eigenvalue weighted by molar-refractivity contribution is -0.136. The minimum absolute atomic E-state index is 0.0999. The van der Waals surface area contributed by atoms with Gasteiger partial charge < -0.3 is 14.8 Å². The molecule has 0 saturated heterocycles. The van der Waals surface area contributed by atoms with Crippen molar-refractivity contribution in [3.05, 3.63) is 88.7 Å². The highest BCUT2D eigenvalue weighted by Gasteiger charge is 2.15. The predicted octanol–water partition coefficient (Wildman–Crippen LogP) is 4.16. The fourth-order valence-corrected chi connectivity index (χ4v) is 2.77. The Bertz CT molecular complexity index is 1140. The summed E-state index contributed by atoms with van der Waals surface area (Å²) >= 11 is 5.90. The molecule has 3 rings (SSSR count). The van der Waals surface area contributed by atoms with E-state index < -0.39 is 11.8 Å². The van der Waals surface area contributed by atoms with Gasteiger partial charge in [-0.25, -0.2) is 9.82 Å². The zero-order chi connectivity index (χ0) is 22.9. The summed E-state index contributed by atoms with van der Waals surface area (Å²) in [5.74, 6) is -1.32. The smallest absolute Gasteiger partial charge is 0.329 e. The van der Waals surface area contributed by atoms with E-state index in [1.807, 2.05) is 0 Å². The number of amides is 2. The molecule has 0 fully saturated rings. The molecule has 3 aromatic rings. The summed E-state index contributed by atoms with van der Waals surface area (Å²) in [5, 5.41) is 6.55.